The van der Waals surface area contributed by atoms with Crippen LogP contribution in [0.1, 0.15) is 12.0 Å². The Kier molecular flexibility index (Phi) is 2.14. The van der Waals surface area contributed by atoms with Crippen molar-refractivity contribution in [1.82, 2.24) is 0 Å². The summed E-state index contributed by atoms with van der Waals surface area (Å²) < 4.78 is 13.9. The number of halogens is 2. The van der Waals surface area contributed by atoms with Crippen molar-refractivity contribution in [3.05, 3.63) is 34.9 Å². The lowest BCUT2D eigenvalue weighted by molar-refractivity contribution is 0.306. The molecule has 1 saturated carbocycles. The number of carbonyl (C=O) groups excluding carboxylic acids is 1. The molecule has 2 unspecified atom stereocenters. The summed E-state index contributed by atoms with van der Waals surface area (Å²) in [7, 11) is 0. The normalized spacial score (nSPS) is 29.4. The summed E-state index contributed by atoms with van der Waals surface area (Å²) >= 11 is 5.67. The number of aliphatic imine (C=N–C) groups is 1. The lowest BCUT2D eigenvalue weighted by Gasteiger charge is -2.04. The average molecular weight is 212 g/mol. The second-order valence-corrected chi connectivity index (χ2v) is 3.75. The fourth-order valence-electron chi connectivity index (χ4n) is 1.47. The van der Waals surface area contributed by atoms with Gasteiger partial charge in [0.25, 0.3) is 0 Å². The number of hydrogen-bond donors (Lipinski definition) is 0. The van der Waals surface area contributed by atoms with Crippen LogP contribution in [0.2, 0.25) is 5.02 Å². The van der Waals surface area contributed by atoms with Gasteiger partial charge in [-0.1, -0.05) is 23.7 Å². The number of rotatable bonds is 2. The topological polar surface area (TPSA) is 29.4 Å². The summed E-state index contributed by atoms with van der Waals surface area (Å²) in [5, 5.41) is 0.563. The van der Waals surface area contributed by atoms with Crippen LogP contribution < -0.4 is 0 Å². The van der Waals surface area contributed by atoms with E-state index in [4.69, 9.17) is 11.6 Å². The van der Waals surface area contributed by atoms with Crippen molar-refractivity contribution in [1.29, 1.82) is 0 Å². The van der Waals surface area contributed by atoms with E-state index in [-0.39, 0.29) is 6.42 Å². The van der Waals surface area contributed by atoms with E-state index in [1.165, 1.54) is 6.08 Å². The summed E-state index contributed by atoms with van der Waals surface area (Å²) in [5.74, 6) is 0. The Balaban J connectivity index is 2.25. The van der Waals surface area contributed by atoms with Crippen LogP contribution in [0.15, 0.2) is 29.3 Å². The fraction of sp³-hybridized carbons (Fsp3) is 0.300. The van der Waals surface area contributed by atoms with Crippen LogP contribution in [0.3, 0.4) is 0 Å². The van der Waals surface area contributed by atoms with Crippen LogP contribution in [0.4, 0.5) is 4.39 Å². The summed E-state index contributed by atoms with van der Waals surface area (Å²) in [6, 6.07) is 5.91. The quantitative estimate of drug-likeness (QED) is 0.546. The summed E-state index contributed by atoms with van der Waals surface area (Å²) in [6.45, 7) is 0. The third-order valence-electron chi connectivity index (χ3n) is 2.39. The fourth-order valence-corrected chi connectivity index (χ4v) is 1.60. The molecule has 0 N–H and O–H groups in total. The molecular weight excluding hydrogens is 205 g/mol. The molecule has 72 valence electrons. The number of isocyanates is 1. The van der Waals surface area contributed by atoms with Crippen molar-refractivity contribution in [3.8, 4) is 0 Å². The van der Waals surface area contributed by atoms with Gasteiger partial charge in [0.2, 0.25) is 6.08 Å². The molecule has 0 spiro atoms. The zero-order chi connectivity index (χ0) is 10.2. The molecule has 0 aromatic heterocycles. The predicted octanol–water partition coefficient (Wildman–Crippen LogP) is 2.61. The van der Waals surface area contributed by atoms with Gasteiger partial charge in [-0.2, -0.15) is 4.99 Å². The molecule has 4 heteroatoms. The second-order valence-electron chi connectivity index (χ2n) is 3.31. The SMILES string of the molecule is O=C=NC1CC1(F)c1ccc(Cl)cc1. The first-order valence-electron chi connectivity index (χ1n) is 4.19. The van der Waals surface area contributed by atoms with E-state index in [0.29, 0.717) is 10.6 Å². The molecular formula is C10H7ClFNO. The zero-order valence-electron chi connectivity index (χ0n) is 7.21. The van der Waals surface area contributed by atoms with Crippen molar-refractivity contribution >= 4 is 17.7 Å². The molecule has 0 saturated heterocycles. The molecule has 0 amide bonds. The molecule has 1 aromatic carbocycles. The van der Waals surface area contributed by atoms with Gasteiger partial charge < -0.3 is 0 Å². The first-order chi connectivity index (χ1) is 6.66. The van der Waals surface area contributed by atoms with E-state index >= 15 is 0 Å². The van der Waals surface area contributed by atoms with Crippen LogP contribution in [-0.4, -0.2) is 12.1 Å². The highest BCUT2D eigenvalue weighted by Crippen LogP contribution is 2.51. The van der Waals surface area contributed by atoms with E-state index < -0.39 is 11.7 Å². The van der Waals surface area contributed by atoms with E-state index in [1.807, 2.05) is 0 Å². The maximum Gasteiger partial charge on any atom is 0.235 e. The van der Waals surface area contributed by atoms with Crippen molar-refractivity contribution in [2.75, 3.05) is 0 Å². The first-order valence-corrected chi connectivity index (χ1v) is 4.56. The van der Waals surface area contributed by atoms with Gasteiger partial charge in [-0.05, 0) is 17.7 Å². The molecule has 0 heterocycles. The minimum absolute atomic E-state index is 0.254. The Bertz CT molecular complexity index is 399. The Hall–Kier alpha value is -1.18. The number of hydrogen-bond acceptors (Lipinski definition) is 2. The second kappa shape index (κ2) is 3.19. The molecule has 2 atom stereocenters. The number of benzene rings is 1. The molecule has 1 aromatic rings. The summed E-state index contributed by atoms with van der Waals surface area (Å²) in [5.41, 5.74) is -0.965. The minimum Gasteiger partial charge on any atom is -0.236 e. The molecule has 2 nitrogen and oxygen atoms in total. The van der Waals surface area contributed by atoms with Gasteiger partial charge in [0.15, 0.2) is 5.67 Å². The van der Waals surface area contributed by atoms with Crippen molar-refractivity contribution in [2.45, 2.75) is 18.1 Å². The molecule has 14 heavy (non-hydrogen) atoms. The van der Waals surface area contributed by atoms with Crippen LogP contribution in [-0.2, 0) is 10.5 Å². The maximum absolute atomic E-state index is 13.9. The largest absolute Gasteiger partial charge is 0.236 e. The Labute approximate surface area is 85.4 Å². The van der Waals surface area contributed by atoms with Crippen molar-refractivity contribution < 1.29 is 9.18 Å². The molecule has 0 aliphatic heterocycles. The third kappa shape index (κ3) is 1.45. The molecule has 1 fully saturated rings. The van der Waals surface area contributed by atoms with E-state index in [2.05, 4.69) is 4.99 Å². The highest BCUT2D eigenvalue weighted by Gasteiger charge is 2.57. The van der Waals surface area contributed by atoms with Crippen LogP contribution in [0.25, 0.3) is 0 Å². The van der Waals surface area contributed by atoms with Crippen LogP contribution in [0, 0.1) is 0 Å². The van der Waals surface area contributed by atoms with Gasteiger partial charge in [0, 0.05) is 11.4 Å². The Morgan fingerprint density at radius 2 is 2.14 bits per heavy atom. The predicted molar refractivity (Wildman–Crippen MR) is 50.8 cm³/mol. The molecule has 0 bridgehead atoms. The van der Waals surface area contributed by atoms with Gasteiger partial charge >= 0.3 is 0 Å². The lowest BCUT2D eigenvalue weighted by atomic mass is 10.1. The number of nitrogens with zero attached hydrogens (tertiary/aromatic N) is 1. The molecule has 1 aliphatic carbocycles. The van der Waals surface area contributed by atoms with Gasteiger partial charge in [-0.3, -0.25) is 0 Å². The van der Waals surface area contributed by atoms with Gasteiger partial charge in [0.1, 0.15) is 6.04 Å². The molecule has 2 rings (SSSR count). The average Bonchev–Trinajstić information content (AvgIpc) is 2.80. The van der Waals surface area contributed by atoms with Gasteiger partial charge in [-0.25, -0.2) is 9.18 Å². The van der Waals surface area contributed by atoms with Crippen LogP contribution >= 0.6 is 11.6 Å². The van der Waals surface area contributed by atoms with Crippen LogP contribution in [0.5, 0.6) is 0 Å². The van der Waals surface area contributed by atoms with E-state index in [1.54, 1.807) is 24.3 Å². The number of alkyl halides is 1. The summed E-state index contributed by atoms with van der Waals surface area (Å²) in [6.07, 6.45) is 1.63. The first kappa shape index (κ1) is 9.38. The van der Waals surface area contributed by atoms with Gasteiger partial charge in [-0.15, -0.1) is 0 Å². The zero-order valence-corrected chi connectivity index (χ0v) is 7.96. The van der Waals surface area contributed by atoms with Crippen molar-refractivity contribution in [3.63, 3.8) is 0 Å². The van der Waals surface area contributed by atoms with Gasteiger partial charge in [0.05, 0.1) is 0 Å². The highest BCUT2D eigenvalue weighted by molar-refractivity contribution is 6.30. The summed E-state index contributed by atoms with van der Waals surface area (Å²) in [4.78, 5) is 13.3. The molecule has 1 aliphatic rings. The molecule has 0 radical (unpaired) electrons. The maximum atomic E-state index is 13.9. The van der Waals surface area contributed by atoms with E-state index in [9.17, 15) is 9.18 Å². The van der Waals surface area contributed by atoms with E-state index in [0.717, 1.165) is 0 Å². The minimum atomic E-state index is -1.48. The Morgan fingerprint density at radius 3 is 2.71 bits per heavy atom. The highest BCUT2D eigenvalue weighted by atomic mass is 35.5. The standard InChI is InChI=1S/C10H7ClFNO/c11-8-3-1-7(2-4-8)10(12)5-9(10)13-6-14/h1-4,9H,5H2. The van der Waals surface area contributed by atoms with Crippen molar-refractivity contribution in [2.24, 2.45) is 4.99 Å². The third-order valence-corrected chi connectivity index (χ3v) is 2.64. The lowest BCUT2D eigenvalue weighted by Crippen LogP contribution is -2.03. The Morgan fingerprint density at radius 1 is 1.50 bits per heavy atom. The monoisotopic (exact) mass is 211 g/mol. The smallest absolute Gasteiger partial charge is 0.235 e.